The van der Waals surface area contributed by atoms with Crippen molar-refractivity contribution in [3.63, 3.8) is 0 Å². The van der Waals surface area contributed by atoms with Gasteiger partial charge in [-0.2, -0.15) is 0 Å². The van der Waals surface area contributed by atoms with Gasteiger partial charge in [0.1, 0.15) is 0 Å². The average Bonchev–Trinajstić information content (AvgIpc) is 2.34. The number of nitrogens with zero attached hydrogens (tertiary/aromatic N) is 3. The predicted molar refractivity (Wildman–Crippen MR) is 94.7 cm³/mol. The number of rotatable bonds is 4. The zero-order valence-corrected chi connectivity index (χ0v) is 15.5. The summed E-state index contributed by atoms with van der Waals surface area (Å²) in [6, 6.07) is 0.396. The lowest BCUT2D eigenvalue weighted by atomic mass is 9.95. The van der Waals surface area contributed by atoms with E-state index in [1.54, 1.807) is 0 Å². The minimum Gasteiger partial charge on any atom is -0.353 e. The van der Waals surface area contributed by atoms with Crippen LogP contribution in [0.15, 0.2) is 4.99 Å². The Morgan fingerprint density at radius 1 is 1.10 bits per heavy atom. The van der Waals surface area contributed by atoms with Crippen molar-refractivity contribution >= 4 is 35.8 Å². The molecule has 1 fully saturated rings. The maximum Gasteiger partial charge on any atom is 0.222 e. The van der Waals surface area contributed by atoms with Gasteiger partial charge in [0.25, 0.3) is 0 Å². The van der Waals surface area contributed by atoms with Gasteiger partial charge < -0.3 is 15.1 Å². The van der Waals surface area contributed by atoms with Crippen LogP contribution in [0.2, 0.25) is 0 Å². The molecular weight excluding hydrogens is 367 g/mol. The molecule has 5 nitrogen and oxygen atoms in total. The molecule has 0 radical (unpaired) electrons. The lowest BCUT2D eigenvalue weighted by Gasteiger charge is -2.23. The topological polar surface area (TPSA) is 47.9 Å². The molecule has 0 heterocycles. The smallest absolute Gasteiger partial charge is 0.222 e. The number of nitrogens with one attached hydrogen (secondary N) is 1. The van der Waals surface area contributed by atoms with Crippen LogP contribution in [0.3, 0.4) is 0 Å². The van der Waals surface area contributed by atoms with Gasteiger partial charge in [-0.1, -0.05) is 19.3 Å². The molecule has 1 N–H and O–H groups in total. The second-order valence-electron chi connectivity index (χ2n) is 5.62. The number of aliphatic imine (C=N–C) groups is 1. The van der Waals surface area contributed by atoms with Gasteiger partial charge >= 0.3 is 0 Å². The van der Waals surface area contributed by atoms with E-state index in [4.69, 9.17) is 0 Å². The van der Waals surface area contributed by atoms with Crippen molar-refractivity contribution in [3.8, 4) is 0 Å². The van der Waals surface area contributed by atoms with Crippen LogP contribution in [-0.4, -0.2) is 62.4 Å². The van der Waals surface area contributed by atoms with Crippen molar-refractivity contribution in [2.24, 2.45) is 4.99 Å². The largest absolute Gasteiger partial charge is 0.353 e. The molecule has 20 heavy (non-hydrogen) atoms. The van der Waals surface area contributed by atoms with Crippen molar-refractivity contribution in [1.29, 1.82) is 0 Å². The summed E-state index contributed by atoms with van der Waals surface area (Å²) in [4.78, 5) is 20.2. The number of carbonyl (C=O) groups excluding carboxylic acids is 1. The molecule has 118 valence electrons. The third-order valence-electron chi connectivity index (χ3n) is 3.36. The summed E-state index contributed by atoms with van der Waals surface area (Å²) in [6.07, 6.45) is 6.54. The monoisotopic (exact) mass is 396 g/mol. The van der Waals surface area contributed by atoms with E-state index in [1.807, 2.05) is 38.0 Å². The van der Waals surface area contributed by atoms with Crippen LogP contribution in [0.25, 0.3) is 0 Å². The van der Waals surface area contributed by atoms with Crippen molar-refractivity contribution in [2.45, 2.75) is 44.6 Å². The minimum absolute atomic E-state index is 0. The zero-order chi connectivity index (χ0) is 14.3. The van der Waals surface area contributed by atoms with Gasteiger partial charge in [0.2, 0.25) is 5.91 Å². The second kappa shape index (κ2) is 10.2. The maximum absolute atomic E-state index is 11.8. The third-order valence-corrected chi connectivity index (χ3v) is 3.36. The summed E-state index contributed by atoms with van der Waals surface area (Å²) in [5.74, 6) is 1.03. The standard InChI is InChI=1S/C14H28N4O.HI/c1-17(2)14(18(3)4)15-11-10-13(19)16-12-8-6-5-7-9-12;/h12H,5-11H2,1-4H3,(H,16,19);1H. The molecule has 1 saturated carbocycles. The van der Waals surface area contributed by atoms with Crippen LogP contribution in [0, 0.1) is 0 Å². The van der Waals surface area contributed by atoms with E-state index in [1.165, 1.54) is 19.3 Å². The van der Waals surface area contributed by atoms with Crippen LogP contribution in [0.1, 0.15) is 38.5 Å². The fraction of sp³-hybridized carbons (Fsp3) is 0.857. The average molecular weight is 396 g/mol. The van der Waals surface area contributed by atoms with E-state index in [0.717, 1.165) is 18.8 Å². The van der Waals surface area contributed by atoms with Crippen LogP contribution in [0.4, 0.5) is 0 Å². The normalized spacial score (nSPS) is 15.0. The number of amides is 1. The van der Waals surface area contributed by atoms with E-state index in [-0.39, 0.29) is 29.9 Å². The first-order valence-corrected chi connectivity index (χ1v) is 7.19. The highest BCUT2D eigenvalue weighted by molar-refractivity contribution is 14.0. The van der Waals surface area contributed by atoms with Gasteiger partial charge in [-0.25, -0.2) is 0 Å². The van der Waals surface area contributed by atoms with Crippen LogP contribution >= 0.6 is 24.0 Å². The summed E-state index contributed by atoms with van der Waals surface area (Å²) in [7, 11) is 7.84. The third kappa shape index (κ3) is 7.31. The second-order valence-corrected chi connectivity index (χ2v) is 5.62. The zero-order valence-electron chi connectivity index (χ0n) is 13.2. The van der Waals surface area contributed by atoms with Crippen molar-refractivity contribution in [1.82, 2.24) is 15.1 Å². The van der Waals surface area contributed by atoms with E-state index >= 15 is 0 Å². The van der Waals surface area contributed by atoms with Gasteiger partial charge in [0, 0.05) is 40.7 Å². The Hall–Kier alpha value is -0.530. The molecule has 0 atom stereocenters. The first kappa shape index (κ1) is 19.5. The number of hydrogen-bond donors (Lipinski definition) is 1. The molecule has 1 aliphatic carbocycles. The number of hydrogen-bond acceptors (Lipinski definition) is 2. The van der Waals surface area contributed by atoms with E-state index in [9.17, 15) is 4.79 Å². The summed E-state index contributed by atoms with van der Waals surface area (Å²) < 4.78 is 0. The van der Waals surface area contributed by atoms with Gasteiger partial charge in [0.15, 0.2) is 5.96 Å². The van der Waals surface area contributed by atoms with E-state index < -0.39 is 0 Å². The fourth-order valence-corrected chi connectivity index (χ4v) is 2.49. The highest BCUT2D eigenvalue weighted by Gasteiger charge is 2.15. The Labute approximate surface area is 140 Å². The molecule has 6 heteroatoms. The van der Waals surface area contributed by atoms with Crippen molar-refractivity contribution < 1.29 is 4.79 Å². The molecule has 1 aliphatic rings. The lowest BCUT2D eigenvalue weighted by molar-refractivity contribution is -0.121. The summed E-state index contributed by atoms with van der Waals surface area (Å²) in [6.45, 7) is 0.546. The first-order chi connectivity index (χ1) is 9.00. The van der Waals surface area contributed by atoms with E-state index in [0.29, 0.717) is 19.0 Å². The summed E-state index contributed by atoms with van der Waals surface area (Å²) >= 11 is 0. The number of guanidine groups is 1. The Kier molecular flexibility index (Phi) is 9.96. The van der Waals surface area contributed by atoms with Crippen molar-refractivity contribution in [3.05, 3.63) is 0 Å². The highest BCUT2D eigenvalue weighted by atomic mass is 127. The molecule has 1 amide bonds. The Balaban J connectivity index is 0.00000361. The molecule has 1 rings (SSSR count). The molecule has 0 bridgehead atoms. The van der Waals surface area contributed by atoms with Gasteiger partial charge in [0.05, 0.1) is 6.54 Å². The summed E-state index contributed by atoms with van der Waals surface area (Å²) in [5, 5.41) is 3.12. The Morgan fingerprint density at radius 3 is 2.15 bits per heavy atom. The molecule has 0 aromatic carbocycles. The SMILES string of the molecule is CN(C)C(=NCCC(=O)NC1CCCCC1)N(C)C.I. The Bertz CT molecular complexity index is 302. The highest BCUT2D eigenvalue weighted by Crippen LogP contribution is 2.17. The van der Waals surface area contributed by atoms with Crippen LogP contribution in [0.5, 0.6) is 0 Å². The van der Waals surface area contributed by atoms with Gasteiger partial charge in [-0.3, -0.25) is 9.79 Å². The fourth-order valence-electron chi connectivity index (χ4n) is 2.49. The molecule has 0 aromatic rings. The van der Waals surface area contributed by atoms with Gasteiger partial charge in [-0.15, -0.1) is 24.0 Å². The first-order valence-electron chi connectivity index (χ1n) is 7.19. The Morgan fingerprint density at radius 2 is 1.65 bits per heavy atom. The number of halogens is 1. The number of carbonyl (C=O) groups is 1. The summed E-state index contributed by atoms with van der Waals surface area (Å²) in [5.41, 5.74) is 0. The minimum atomic E-state index is 0. The molecule has 0 saturated heterocycles. The quantitative estimate of drug-likeness (QED) is 0.449. The molecule has 0 spiro atoms. The predicted octanol–water partition coefficient (Wildman–Crippen LogP) is 1.92. The van der Waals surface area contributed by atoms with Crippen molar-refractivity contribution in [2.75, 3.05) is 34.7 Å². The van der Waals surface area contributed by atoms with Crippen LogP contribution < -0.4 is 5.32 Å². The van der Waals surface area contributed by atoms with Gasteiger partial charge in [-0.05, 0) is 12.8 Å². The molecular formula is C14H29IN4O. The maximum atomic E-state index is 11.8. The van der Waals surface area contributed by atoms with Crippen LogP contribution in [-0.2, 0) is 4.79 Å². The molecule has 0 unspecified atom stereocenters. The molecule has 0 aliphatic heterocycles. The molecule has 0 aromatic heterocycles. The lowest BCUT2D eigenvalue weighted by Crippen LogP contribution is -2.37. The van der Waals surface area contributed by atoms with E-state index in [2.05, 4.69) is 10.3 Å².